The van der Waals surface area contributed by atoms with E-state index in [0.29, 0.717) is 0 Å². The molecule has 0 fully saturated rings. The molecule has 0 aliphatic rings. The molecule has 0 radical (unpaired) electrons. The first-order chi connectivity index (χ1) is 9.48. The standard InChI is InChI=1S/C14H16F3N3/c15-14(16,17)10-20(7-5-18)9-11-3-4-13-12(8-11)2-1-6-19-13/h1-4,6,8H,5,7,9-10,18H2. The monoisotopic (exact) mass is 283 g/mol. The molecule has 0 spiro atoms. The Labute approximate surface area is 115 Å². The van der Waals surface area contributed by atoms with Crippen molar-refractivity contribution in [3.63, 3.8) is 0 Å². The van der Waals surface area contributed by atoms with Gasteiger partial charge in [0.2, 0.25) is 0 Å². The lowest BCUT2D eigenvalue weighted by Gasteiger charge is -2.23. The van der Waals surface area contributed by atoms with Gasteiger partial charge in [-0.25, -0.2) is 0 Å². The molecule has 1 heterocycles. The Kier molecular flexibility index (Phi) is 4.57. The number of fused-ring (bicyclic) bond motifs is 1. The highest BCUT2D eigenvalue weighted by Gasteiger charge is 2.30. The summed E-state index contributed by atoms with van der Waals surface area (Å²) in [6.45, 7) is -0.313. The fourth-order valence-corrected chi connectivity index (χ4v) is 2.13. The summed E-state index contributed by atoms with van der Waals surface area (Å²) in [6.07, 6.45) is -2.53. The molecule has 3 nitrogen and oxygen atoms in total. The van der Waals surface area contributed by atoms with Crippen LogP contribution in [-0.2, 0) is 6.54 Å². The third-order valence-electron chi connectivity index (χ3n) is 2.92. The second kappa shape index (κ2) is 6.19. The molecule has 0 saturated heterocycles. The number of nitrogens with zero attached hydrogens (tertiary/aromatic N) is 2. The summed E-state index contributed by atoms with van der Waals surface area (Å²) >= 11 is 0. The molecule has 0 saturated carbocycles. The van der Waals surface area contributed by atoms with Crippen molar-refractivity contribution in [3.8, 4) is 0 Å². The van der Waals surface area contributed by atoms with E-state index in [-0.39, 0.29) is 19.6 Å². The molecule has 1 aromatic heterocycles. The van der Waals surface area contributed by atoms with Gasteiger partial charge in [0, 0.05) is 31.2 Å². The summed E-state index contributed by atoms with van der Waals surface area (Å²) in [4.78, 5) is 5.49. The van der Waals surface area contributed by atoms with Gasteiger partial charge in [0.25, 0.3) is 0 Å². The van der Waals surface area contributed by atoms with Crippen LogP contribution in [0.4, 0.5) is 13.2 Å². The van der Waals surface area contributed by atoms with Crippen molar-refractivity contribution < 1.29 is 13.2 Å². The summed E-state index contributed by atoms with van der Waals surface area (Å²) < 4.78 is 37.5. The zero-order chi connectivity index (χ0) is 14.6. The fourth-order valence-electron chi connectivity index (χ4n) is 2.13. The summed E-state index contributed by atoms with van der Waals surface area (Å²) in [7, 11) is 0. The molecular formula is C14H16F3N3. The number of hydrogen-bond donors (Lipinski definition) is 1. The second-order valence-electron chi connectivity index (χ2n) is 4.64. The van der Waals surface area contributed by atoms with E-state index in [2.05, 4.69) is 4.98 Å². The van der Waals surface area contributed by atoms with Crippen LogP contribution >= 0.6 is 0 Å². The molecule has 0 atom stereocenters. The van der Waals surface area contributed by atoms with Gasteiger partial charge in [0.05, 0.1) is 12.1 Å². The molecule has 0 unspecified atom stereocenters. The van der Waals surface area contributed by atoms with Gasteiger partial charge < -0.3 is 5.73 Å². The summed E-state index contributed by atoms with van der Waals surface area (Å²) in [5.74, 6) is 0. The largest absolute Gasteiger partial charge is 0.401 e. The number of benzene rings is 1. The molecule has 6 heteroatoms. The third kappa shape index (κ3) is 4.18. The van der Waals surface area contributed by atoms with Crippen molar-refractivity contribution in [2.75, 3.05) is 19.6 Å². The number of rotatable bonds is 5. The van der Waals surface area contributed by atoms with E-state index in [1.54, 1.807) is 18.3 Å². The summed E-state index contributed by atoms with van der Waals surface area (Å²) in [5, 5.41) is 0.921. The highest BCUT2D eigenvalue weighted by molar-refractivity contribution is 5.78. The smallest absolute Gasteiger partial charge is 0.329 e. The first kappa shape index (κ1) is 14.7. The van der Waals surface area contributed by atoms with Gasteiger partial charge in [0.15, 0.2) is 0 Å². The number of alkyl halides is 3. The van der Waals surface area contributed by atoms with Crippen LogP contribution in [0.25, 0.3) is 10.9 Å². The predicted octanol–water partition coefficient (Wildman–Crippen LogP) is 2.56. The van der Waals surface area contributed by atoms with Crippen molar-refractivity contribution in [1.29, 1.82) is 0 Å². The second-order valence-corrected chi connectivity index (χ2v) is 4.64. The molecule has 1 aromatic carbocycles. The van der Waals surface area contributed by atoms with Crippen LogP contribution in [0.1, 0.15) is 5.56 Å². The Balaban J connectivity index is 2.15. The van der Waals surface area contributed by atoms with Crippen molar-refractivity contribution in [1.82, 2.24) is 9.88 Å². The lowest BCUT2D eigenvalue weighted by Crippen LogP contribution is -2.37. The molecular weight excluding hydrogens is 267 g/mol. The number of aromatic nitrogens is 1. The normalized spacial score (nSPS) is 12.2. The predicted molar refractivity (Wildman–Crippen MR) is 72.1 cm³/mol. The van der Waals surface area contributed by atoms with E-state index in [1.807, 2.05) is 18.2 Å². The van der Waals surface area contributed by atoms with Crippen LogP contribution in [0.2, 0.25) is 0 Å². The minimum Gasteiger partial charge on any atom is -0.329 e. The molecule has 2 rings (SSSR count). The van der Waals surface area contributed by atoms with Gasteiger partial charge in [0.1, 0.15) is 0 Å². The van der Waals surface area contributed by atoms with Crippen LogP contribution in [0, 0.1) is 0 Å². The van der Waals surface area contributed by atoms with E-state index in [1.165, 1.54) is 4.90 Å². The van der Waals surface area contributed by atoms with Gasteiger partial charge >= 0.3 is 6.18 Å². The van der Waals surface area contributed by atoms with E-state index >= 15 is 0 Å². The van der Waals surface area contributed by atoms with Crippen LogP contribution in [-0.4, -0.2) is 35.7 Å². The van der Waals surface area contributed by atoms with Crippen molar-refractivity contribution in [3.05, 3.63) is 42.1 Å². The molecule has 108 valence electrons. The number of halogens is 3. The topological polar surface area (TPSA) is 42.1 Å². The molecule has 0 aliphatic carbocycles. The van der Waals surface area contributed by atoms with E-state index in [4.69, 9.17) is 5.73 Å². The van der Waals surface area contributed by atoms with Crippen LogP contribution < -0.4 is 5.73 Å². The summed E-state index contributed by atoms with van der Waals surface area (Å²) in [6, 6.07) is 9.18. The quantitative estimate of drug-likeness (QED) is 0.917. The molecule has 20 heavy (non-hydrogen) atoms. The lowest BCUT2D eigenvalue weighted by atomic mass is 10.1. The lowest BCUT2D eigenvalue weighted by molar-refractivity contribution is -0.146. The van der Waals surface area contributed by atoms with E-state index in [0.717, 1.165) is 16.5 Å². The Bertz CT molecular complexity index is 569. The molecule has 0 bridgehead atoms. The number of pyridine rings is 1. The molecule has 2 N–H and O–H groups in total. The van der Waals surface area contributed by atoms with E-state index < -0.39 is 12.7 Å². The van der Waals surface area contributed by atoms with Crippen LogP contribution in [0.15, 0.2) is 36.5 Å². The molecule has 0 amide bonds. The zero-order valence-electron chi connectivity index (χ0n) is 10.9. The zero-order valence-corrected chi connectivity index (χ0v) is 10.9. The maximum Gasteiger partial charge on any atom is 0.401 e. The van der Waals surface area contributed by atoms with Crippen LogP contribution in [0.5, 0.6) is 0 Å². The highest BCUT2D eigenvalue weighted by atomic mass is 19.4. The first-order valence-electron chi connectivity index (χ1n) is 6.31. The van der Waals surface area contributed by atoms with Gasteiger partial charge in [-0.1, -0.05) is 12.1 Å². The maximum atomic E-state index is 12.5. The van der Waals surface area contributed by atoms with Crippen molar-refractivity contribution >= 4 is 10.9 Å². The molecule has 2 aromatic rings. The Morgan fingerprint density at radius 2 is 2.00 bits per heavy atom. The van der Waals surface area contributed by atoms with Crippen molar-refractivity contribution in [2.45, 2.75) is 12.7 Å². The van der Waals surface area contributed by atoms with Crippen molar-refractivity contribution in [2.24, 2.45) is 5.73 Å². The minimum absolute atomic E-state index is 0.200. The highest BCUT2D eigenvalue weighted by Crippen LogP contribution is 2.19. The van der Waals surface area contributed by atoms with Crippen LogP contribution in [0.3, 0.4) is 0 Å². The van der Waals surface area contributed by atoms with Gasteiger partial charge in [-0.2, -0.15) is 13.2 Å². The Morgan fingerprint density at radius 1 is 1.20 bits per heavy atom. The molecule has 0 aliphatic heterocycles. The minimum atomic E-state index is -4.21. The average Bonchev–Trinajstić information content (AvgIpc) is 2.37. The third-order valence-corrected chi connectivity index (χ3v) is 2.92. The SMILES string of the molecule is NCCN(Cc1ccc2ncccc2c1)CC(F)(F)F. The number of nitrogens with two attached hydrogens (primary N) is 1. The van der Waals surface area contributed by atoms with E-state index in [9.17, 15) is 13.2 Å². The van der Waals surface area contributed by atoms with Gasteiger partial charge in [-0.15, -0.1) is 0 Å². The fraction of sp³-hybridized carbons (Fsp3) is 0.357. The summed E-state index contributed by atoms with van der Waals surface area (Å²) in [5.41, 5.74) is 7.03. The Hall–Kier alpha value is -1.66. The number of hydrogen-bond acceptors (Lipinski definition) is 3. The Morgan fingerprint density at radius 3 is 2.70 bits per heavy atom. The van der Waals surface area contributed by atoms with Gasteiger partial charge in [-0.3, -0.25) is 9.88 Å². The average molecular weight is 283 g/mol. The maximum absolute atomic E-state index is 12.5. The van der Waals surface area contributed by atoms with Gasteiger partial charge in [-0.05, 0) is 23.8 Å². The first-order valence-corrected chi connectivity index (χ1v) is 6.31.